The van der Waals surface area contributed by atoms with Gasteiger partial charge >= 0.3 is 11.8 Å². The lowest BCUT2D eigenvalue weighted by atomic mass is 10.0. The molecular weight excluding hydrogens is 386 g/mol. The van der Waals surface area contributed by atoms with Crippen molar-refractivity contribution < 1.29 is 23.5 Å². The molecule has 30 heavy (non-hydrogen) atoms. The van der Waals surface area contributed by atoms with E-state index in [2.05, 4.69) is 5.32 Å². The molecule has 4 rings (SSSR count). The maximum absolute atomic E-state index is 12.7. The highest BCUT2D eigenvalue weighted by molar-refractivity contribution is 6.39. The van der Waals surface area contributed by atoms with Crippen LogP contribution in [0.4, 0.5) is 11.4 Å². The number of furan rings is 1. The minimum absolute atomic E-state index is 0.0614. The summed E-state index contributed by atoms with van der Waals surface area (Å²) < 4.78 is 10.5. The fourth-order valence-corrected chi connectivity index (χ4v) is 4.01. The molecule has 2 aliphatic heterocycles. The van der Waals surface area contributed by atoms with E-state index in [1.165, 1.54) is 0 Å². The van der Waals surface area contributed by atoms with Crippen molar-refractivity contribution in [2.45, 2.75) is 32.2 Å². The topological polar surface area (TPSA) is 92.1 Å². The Labute approximate surface area is 174 Å². The smallest absolute Gasteiger partial charge is 0.313 e. The summed E-state index contributed by atoms with van der Waals surface area (Å²) in [6.07, 6.45) is 4.14. The van der Waals surface area contributed by atoms with Gasteiger partial charge in [0.2, 0.25) is 5.91 Å². The molecule has 3 amide bonds. The third-order valence-corrected chi connectivity index (χ3v) is 5.57. The first kappa shape index (κ1) is 20.2. The zero-order chi connectivity index (χ0) is 21.1. The Morgan fingerprint density at radius 2 is 2.03 bits per heavy atom. The second kappa shape index (κ2) is 8.71. The zero-order valence-corrected chi connectivity index (χ0v) is 17.0. The second-order valence-electron chi connectivity index (χ2n) is 7.54. The molecule has 0 radical (unpaired) electrons. The maximum Gasteiger partial charge on any atom is 0.313 e. The lowest BCUT2D eigenvalue weighted by molar-refractivity contribution is -0.143. The number of rotatable bonds is 4. The number of ether oxygens (including phenoxy) is 1. The second-order valence-corrected chi connectivity index (χ2v) is 7.54. The van der Waals surface area contributed by atoms with Crippen LogP contribution in [-0.2, 0) is 38.5 Å². The van der Waals surface area contributed by atoms with Crippen LogP contribution in [0, 0.1) is 0 Å². The van der Waals surface area contributed by atoms with E-state index < -0.39 is 11.8 Å². The predicted octanol–water partition coefficient (Wildman–Crippen LogP) is 2.12. The summed E-state index contributed by atoms with van der Waals surface area (Å²) in [5.41, 5.74) is 3.29. The lowest BCUT2D eigenvalue weighted by Gasteiger charge is -2.29. The molecule has 0 saturated carbocycles. The van der Waals surface area contributed by atoms with Crippen LogP contribution < -0.4 is 10.2 Å². The minimum atomic E-state index is -0.662. The van der Waals surface area contributed by atoms with Gasteiger partial charge in [0, 0.05) is 56.5 Å². The minimum Gasteiger partial charge on any atom is -0.469 e. The van der Waals surface area contributed by atoms with Gasteiger partial charge in [-0.05, 0) is 42.7 Å². The molecule has 0 fully saturated rings. The highest BCUT2D eigenvalue weighted by Crippen LogP contribution is 2.30. The van der Waals surface area contributed by atoms with E-state index in [0.717, 1.165) is 35.4 Å². The van der Waals surface area contributed by atoms with Gasteiger partial charge in [-0.15, -0.1) is 0 Å². The summed E-state index contributed by atoms with van der Waals surface area (Å²) in [5, 5.41) is 2.71. The molecule has 0 aliphatic carbocycles. The maximum atomic E-state index is 12.7. The molecule has 2 aromatic rings. The van der Waals surface area contributed by atoms with E-state index in [1.54, 1.807) is 29.2 Å². The van der Waals surface area contributed by atoms with Crippen molar-refractivity contribution in [2.24, 2.45) is 0 Å². The Morgan fingerprint density at radius 3 is 2.87 bits per heavy atom. The third-order valence-electron chi connectivity index (χ3n) is 5.57. The van der Waals surface area contributed by atoms with Crippen molar-refractivity contribution in [2.75, 3.05) is 37.0 Å². The van der Waals surface area contributed by atoms with Crippen LogP contribution >= 0.6 is 0 Å². The number of aryl methyl sites for hydroxylation is 2. The highest BCUT2D eigenvalue weighted by atomic mass is 16.5. The molecule has 3 heterocycles. The fourth-order valence-electron chi connectivity index (χ4n) is 4.01. The third kappa shape index (κ3) is 4.09. The highest BCUT2D eigenvalue weighted by Gasteiger charge is 2.27. The van der Waals surface area contributed by atoms with Crippen LogP contribution in [-0.4, -0.2) is 49.4 Å². The number of benzene rings is 1. The number of amides is 3. The van der Waals surface area contributed by atoms with E-state index in [9.17, 15) is 14.4 Å². The first-order chi connectivity index (χ1) is 14.6. The fraction of sp³-hybridized carbons (Fsp3) is 0.409. The van der Waals surface area contributed by atoms with Crippen LogP contribution in [0.25, 0.3) is 0 Å². The van der Waals surface area contributed by atoms with Gasteiger partial charge in [0.15, 0.2) is 0 Å². The number of hydrogen-bond donors (Lipinski definition) is 1. The molecule has 1 N–H and O–H groups in total. The Kier molecular flexibility index (Phi) is 5.85. The van der Waals surface area contributed by atoms with Gasteiger partial charge in [-0.2, -0.15) is 0 Å². The zero-order valence-electron chi connectivity index (χ0n) is 17.0. The van der Waals surface area contributed by atoms with Crippen LogP contribution in [0.1, 0.15) is 29.7 Å². The van der Waals surface area contributed by atoms with Crippen molar-refractivity contribution >= 4 is 29.1 Å². The van der Waals surface area contributed by atoms with Gasteiger partial charge in [-0.3, -0.25) is 14.4 Å². The number of carbonyl (C=O) groups is 3. The van der Waals surface area contributed by atoms with Gasteiger partial charge < -0.3 is 24.3 Å². The Morgan fingerprint density at radius 1 is 1.17 bits per heavy atom. The van der Waals surface area contributed by atoms with Gasteiger partial charge in [0.05, 0.1) is 12.9 Å². The quantitative estimate of drug-likeness (QED) is 0.778. The molecule has 2 aliphatic rings. The molecule has 0 saturated heterocycles. The Hall–Kier alpha value is -3.13. The van der Waals surface area contributed by atoms with Crippen LogP contribution in [0.3, 0.4) is 0 Å². The number of nitrogens with one attached hydrogen (secondary N) is 1. The van der Waals surface area contributed by atoms with Gasteiger partial charge in [0.1, 0.15) is 5.76 Å². The van der Waals surface area contributed by atoms with Crippen LogP contribution in [0.5, 0.6) is 0 Å². The number of fused-ring (bicyclic) bond motifs is 2. The van der Waals surface area contributed by atoms with Crippen molar-refractivity contribution in [3.63, 3.8) is 0 Å². The molecule has 0 spiro atoms. The first-order valence-electron chi connectivity index (χ1n) is 10.1. The predicted molar refractivity (Wildman–Crippen MR) is 110 cm³/mol. The van der Waals surface area contributed by atoms with Crippen LogP contribution in [0.15, 0.2) is 34.9 Å². The molecule has 1 aromatic heterocycles. The van der Waals surface area contributed by atoms with Gasteiger partial charge in [0.25, 0.3) is 0 Å². The standard InChI is InChI=1S/C22H25N3O5/c1-29-12-10-25-18-6-5-17(13-15(18)4-7-20(25)26)23-21(27)22(28)24-9-2-3-19-16(14-24)8-11-30-19/h5-6,8,11,13H,2-4,7,9-10,12,14H2,1H3,(H,23,27). The van der Waals surface area contributed by atoms with E-state index in [1.807, 2.05) is 18.2 Å². The summed E-state index contributed by atoms with van der Waals surface area (Å²) in [6.45, 7) is 1.82. The summed E-state index contributed by atoms with van der Waals surface area (Å²) in [4.78, 5) is 40.8. The number of nitrogens with zero attached hydrogens (tertiary/aromatic N) is 2. The average Bonchev–Trinajstić information content (AvgIpc) is 3.09. The summed E-state index contributed by atoms with van der Waals surface area (Å²) in [5.74, 6) is -0.275. The monoisotopic (exact) mass is 411 g/mol. The Bertz CT molecular complexity index is 967. The molecule has 8 nitrogen and oxygen atoms in total. The molecule has 0 bridgehead atoms. The van der Waals surface area contributed by atoms with Crippen molar-refractivity contribution in [1.82, 2.24) is 4.90 Å². The normalized spacial score (nSPS) is 16.0. The molecule has 8 heteroatoms. The summed E-state index contributed by atoms with van der Waals surface area (Å²) in [7, 11) is 1.60. The van der Waals surface area contributed by atoms with Gasteiger partial charge in [-0.25, -0.2) is 0 Å². The first-order valence-corrected chi connectivity index (χ1v) is 10.1. The average molecular weight is 411 g/mol. The number of methoxy groups -OCH3 is 1. The lowest BCUT2D eigenvalue weighted by Crippen LogP contribution is -2.39. The SMILES string of the molecule is COCCN1C(=O)CCc2cc(NC(=O)C(=O)N3CCCc4occc4C3)ccc21. The van der Waals surface area contributed by atoms with E-state index in [0.29, 0.717) is 44.8 Å². The largest absolute Gasteiger partial charge is 0.469 e. The summed E-state index contributed by atoms with van der Waals surface area (Å²) >= 11 is 0. The van der Waals surface area contributed by atoms with E-state index in [-0.39, 0.29) is 5.91 Å². The summed E-state index contributed by atoms with van der Waals surface area (Å²) in [6, 6.07) is 7.22. The molecular formula is C22H25N3O5. The Balaban J connectivity index is 1.45. The van der Waals surface area contributed by atoms with Gasteiger partial charge in [-0.1, -0.05) is 0 Å². The number of anilines is 2. The van der Waals surface area contributed by atoms with Crippen molar-refractivity contribution in [3.8, 4) is 0 Å². The molecule has 158 valence electrons. The molecule has 1 aromatic carbocycles. The number of carbonyl (C=O) groups excluding carboxylic acids is 3. The van der Waals surface area contributed by atoms with E-state index in [4.69, 9.17) is 9.15 Å². The molecule has 0 unspecified atom stereocenters. The van der Waals surface area contributed by atoms with Crippen LogP contribution in [0.2, 0.25) is 0 Å². The van der Waals surface area contributed by atoms with Crippen molar-refractivity contribution in [1.29, 1.82) is 0 Å². The van der Waals surface area contributed by atoms with Crippen molar-refractivity contribution in [3.05, 3.63) is 47.4 Å². The van der Waals surface area contributed by atoms with E-state index >= 15 is 0 Å². The molecule has 0 atom stereocenters. The number of hydrogen-bond acceptors (Lipinski definition) is 5.